The molecule has 0 amide bonds. The Morgan fingerprint density at radius 2 is 1.93 bits per heavy atom. The molecule has 1 aromatic heterocycles. The number of piperazine rings is 1. The number of hydrogen-bond donors (Lipinski definition) is 0. The van der Waals surface area contributed by atoms with Gasteiger partial charge in [0.25, 0.3) is 5.56 Å². The lowest BCUT2D eigenvalue weighted by atomic mass is 10.1. The van der Waals surface area contributed by atoms with Crippen molar-refractivity contribution in [1.82, 2.24) is 19.6 Å². The summed E-state index contributed by atoms with van der Waals surface area (Å²) < 4.78 is 20.9. The lowest BCUT2D eigenvalue weighted by Crippen LogP contribution is -2.44. The van der Waals surface area contributed by atoms with Crippen LogP contribution in [0.3, 0.4) is 0 Å². The highest BCUT2D eigenvalue weighted by atomic mass is 19.1. The Hall–Kier alpha value is -2.25. The fraction of sp³-hybridized carbons (Fsp3) is 0.565. The molecule has 0 radical (unpaired) electrons. The lowest BCUT2D eigenvalue weighted by molar-refractivity contribution is 0.153. The van der Waals surface area contributed by atoms with Gasteiger partial charge < -0.3 is 14.5 Å². The van der Waals surface area contributed by atoms with Crippen molar-refractivity contribution in [3.63, 3.8) is 0 Å². The molecule has 2 aromatic rings. The van der Waals surface area contributed by atoms with Gasteiger partial charge in [0.2, 0.25) is 0 Å². The molecule has 1 aliphatic carbocycles. The number of methoxy groups -OCH3 is 1. The zero-order valence-corrected chi connectivity index (χ0v) is 17.9. The first-order chi connectivity index (χ1) is 14.5. The second kappa shape index (κ2) is 9.27. The summed E-state index contributed by atoms with van der Waals surface area (Å²) in [5, 5.41) is 4.57. The molecule has 1 aromatic carbocycles. The third-order valence-electron chi connectivity index (χ3n) is 6.14. The predicted molar refractivity (Wildman–Crippen MR) is 115 cm³/mol. The van der Waals surface area contributed by atoms with Crippen LogP contribution in [0.25, 0.3) is 11.3 Å². The Kier molecular flexibility index (Phi) is 6.49. The van der Waals surface area contributed by atoms with Crippen molar-refractivity contribution in [2.45, 2.75) is 32.2 Å². The molecule has 0 bridgehead atoms. The number of rotatable bonds is 8. The molecule has 1 saturated carbocycles. The van der Waals surface area contributed by atoms with E-state index in [2.05, 4.69) is 21.9 Å². The maximum atomic E-state index is 14.2. The molecule has 2 fully saturated rings. The van der Waals surface area contributed by atoms with Gasteiger partial charge in [-0.2, -0.15) is 5.10 Å². The van der Waals surface area contributed by atoms with Crippen LogP contribution in [0.15, 0.2) is 29.1 Å². The number of halogens is 1. The number of hydrogen-bond acceptors (Lipinski definition) is 5. The fourth-order valence-corrected chi connectivity index (χ4v) is 3.98. The van der Waals surface area contributed by atoms with Gasteiger partial charge in [-0.25, -0.2) is 9.07 Å². The molecule has 1 saturated heterocycles. The summed E-state index contributed by atoms with van der Waals surface area (Å²) in [7, 11) is 3.60. The molecule has 0 spiro atoms. The Bertz CT molecular complexity index is 933. The average Bonchev–Trinajstić information content (AvgIpc) is 3.56. The van der Waals surface area contributed by atoms with Crippen LogP contribution in [0.2, 0.25) is 0 Å². The summed E-state index contributed by atoms with van der Waals surface area (Å²) >= 11 is 0. The summed E-state index contributed by atoms with van der Waals surface area (Å²) in [4.78, 5) is 17.8. The molecule has 4 rings (SSSR count). The van der Waals surface area contributed by atoms with E-state index in [9.17, 15) is 9.18 Å². The Morgan fingerprint density at radius 1 is 1.17 bits per heavy atom. The van der Waals surface area contributed by atoms with E-state index < -0.39 is 5.82 Å². The van der Waals surface area contributed by atoms with Crippen molar-refractivity contribution in [1.29, 1.82) is 0 Å². The van der Waals surface area contributed by atoms with Crippen LogP contribution in [0, 0.1) is 11.7 Å². The van der Waals surface area contributed by atoms with Gasteiger partial charge in [0.15, 0.2) is 11.6 Å². The van der Waals surface area contributed by atoms with E-state index in [1.165, 1.54) is 13.2 Å². The van der Waals surface area contributed by atoms with E-state index in [1.54, 1.807) is 16.8 Å². The van der Waals surface area contributed by atoms with Crippen LogP contribution < -0.4 is 10.3 Å². The third kappa shape index (κ3) is 5.08. The van der Waals surface area contributed by atoms with Crippen LogP contribution in [0.4, 0.5) is 4.39 Å². The van der Waals surface area contributed by atoms with Gasteiger partial charge in [-0.3, -0.25) is 4.79 Å². The van der Waals surface area contributed by atoms with E-state index >= 15 is 0 Å². The van der Waals surface area contributed by atoms with Gasteiger partial charge >= 0.3 is 0 Å². The van der Waals surface area contributed by atoms with E-state index in [1.807, 2.05) is 6.07 Å². The van der Waals surface area contributed by atoms with Crippen molar-refractivity contribution in [2.24, 2.45) is 5.92 Å². The minimum atomic E-state index is -0.423. The largest absolute Gasteiger partial charge is 0.494 e. The van der Waals surface area contributed by atoms with Crippen LogP contribution >= 0.6 is 0 Å². The lowest BCUT2D eigenvalue weighted by Gasteiger charge is -2.32. The van der Waals surface area contributed by atoms with Gasteiger partial charge in [-0.1, -0.05) is 0 Å². The molecule has 2 aliphatic rings. The molecular weight excluding hydrogens is 383 g/mol. The highest BCUT2D eigenvalue weighted by molar-refractivity contribution is 5.60. The minimum Gasteiger partial charge on any atom is -0.494 e. The third-order valence-corrected chi connectivity index (χ3v) is 6.14. The van der Waals surface area contributed by atoms with Crippen molar-refractivity contribution < 1.29 is 9.13 Å². The predicted octanol–water partition coefficient (Wildman–Crippen LogP) is 2.65. The highest BCUT2D eigenvalue weighted by Crippen LogP contribution is 2.30. The average molecular weight is 415 g/mol. The first-order valence-corrected chi connectivity index (χ1v) is 10.9. The Balaban J connectivity index is 1.53. The summed E-state index contributed by atoms with van der Waals surface area (Å²) in [6.07, 6.45) is 3.94. The fourth-order valence-electron chi connectivity index (χ4n) is 3.98. The van der Waals surface area contributed by atoms with E-state index in [0.29, 0.717) is 30.1 Å². The van der Waals surface area contributed by atoms with E-state index in [4.69, 9.17) is 4.74 Å². The molecular formula is C23H31FN4O2. The summed E-state index contributed by atoms with van der Waals surface area (Å²) in [5.74, 6) is 0.321. The number of ether oxygens (including phenoxy) is 1. The van der Waals surface area contributed by atoms with Gasteiger partial charge in [-0.05, 0) is 69.5 Å². The minimum absolute atomic E-state index is 0.00184. The van der Waals surface area contributed by atoms with E-state index in [0.717, 1.165) is 57.5 Å². The summed E-state index contributed by atoms with van der Waals surface area (Å²) in [6.45, 7) is 5.99. The monoisotopic (exact) mass is 414 g/mol. The quantitative estimate of drug-likeness (QED) is 0.665. The Labute approximate surface area is 177 Å². The number of benzene rings is 1. The first-order valence-electron chi connectivity index (χ1n) is 10.9. The van der Waals surface area contributed by atoms with Crippen molar-refractivity contribution in [3.8, 4) is 17.0 Å². The van der Waals surface area contributed by atoms with Crippen LogP contribution in [0.1, 0.15) is 24.8 Å². The molecule has 1 aliphatic heterocycles. The maximum absolute atomic E-state index is 14.2. The number of likely N-dealkylation sites (N-methyl/N-ethyl adjacent to an activating group) is 1. The SMILES string of the molecule is COc1ccc(-c2cc(CCCN3CCN(C)CC3)c(=O)n(CC3CC3)n2)cc1F. The number of aryl methyl sites for hydroxylation is 1. The van der Waals surface area contributed by atoms with Crippen molar-refractivity contribution >= 4 is 0 Å². The molecule has 0 atom stereocenters. The van der Waals surface area contributed by atoms with Crippen molar-refractivity contribution in [2.75, 3.05) is 46.9 Å². The normalized spacial score (nSPS) is 18.0. The summed E-state index contributed by atoms with van der Waals surface area (Å²) in [6, 6.07) is 6.68. The molecule has 0 unspecified atom stereocenters. The van der Waals surface area contributed by atoms with Crippen LogP contribution in [0.5, 0.6) is 5.75 Å². The second-order valence-corrected chi connectivity index (χ2v) is 8.58. The summed E-state index contributed by atoms with van der Waals surface area (Å²) in [5.41, 5.74) is 2.08. The molecule has 2 heterocycles. The first kappa shape index (κ1) is 21.0. The van der Waals surface area contributed by atoms with Crippen LogP contribution in [-0.4, -0.2) is 66.5 Å². The van der Waals surface area contributed by atoms with E-state index in [-0.39, 0.29) is 11.3 Å². The standard InChI is InChI=1S/C23H31FN4O2/c1-26-10-12-27(13-11-26)9-3-4-19-15-21(18-7-8-22(30-2)20(24)14-18)25-28(23(19)29)16-17-5-6-17/h7-8,14-15,17H,3-6,9-13,16H2,1-2H3. The molecule has 6 nitrogen and oxygen atoms in total. The second-order valence-electron chi connectivity index (χ2n) is 8.58. The molecule has 7 heteroatoms. The van der Waals surface area contributed by atoms with Gasteiger partial charge in [-0.15, -0.1) is 0 Å². The number of aromatic nitrogens is 2. The smallest absolute Gasteiger partial charge is 0.269 e. The molecule has 0 N–H and O–H groups in total. The Morgan fingerprint density at radius 3 is 2.60 bits per heavy atom. The molecule has 162 valence electrons. The zero-order valence-electron chi connectivity index (χ0n) is 17.9. The molecule has 30 heavy (non-hydrogen) atoms. The highest BCUT2D eigenvalue weighted by Gasteiger charge is 2.24. The van der Waals surface area contributed by atoms with Gasteiger partial charge in [0.05, 0.1) is 12.8 Å². The maximum Gasteiger partial charge on any atom is 0.269 e. The van der Waals surface area contributed by atoms with Gasteiger partial charge in [0.1, 0.15) is 0 Å². The van der Waals surface area contributed by atoms with Gasteiger partial charge in [0, 0.05) is 43.9 Å². The number of nitrogens with zero attached hydrogens (tertiary/aromatic N) is 4. The van der Waals surface area contributed by atoms with Crippen LogP contribution in [-0.2, 0) is 13.0 Å². The van der Waals surface area contributed by atoms with Crippen molar-refractivity contribution in [3.05, 3.63) is 46.0 Å². The topological polar surface area (TPSA) is 50.6 Å². The zero-order chi connectivity index (χ0) is 21.1.